The van der Waals surface area contributed by atoms with Gasteiger partial charge in [-0.3, -0.25) is 9.59 Å². The van der Waals surface area contributed by atoms with E-state index in [9.17, 15) is 9.59 Å². The van der Waals surface area contributed by atoms with Crippen LogP contribution in [0.25, 0.3) is 10.9 Å². The van der Waals surface area contributed by atoms with Crippen LogP contribution in [0.3, 0.4) is 0 Å². The van der Waals surface area contributed by atoms with Crippen molar-refractivity contribution in [1.29, 1.82) is 0 Å². The molecule has 0 radical (unpaired) electrons. The minimum absolute atomic E-state index is 0.0172. The SMILES string of the molecule is CCC(=O)Nc1ccc2c(c1)cc(C(=O)N1CCCC1)n2Cc1ccccc1. The molecule has 3 aromatic rings. The summed E-state index contributed by atoms with van der Waals surface area (Å²) in [4.78, 5) is 26.8. The van der Waals surface area contributed by atoms with Crippen molar-refractivity contribution in [2.75, 3.05) is 18.4 Å². The molecular weight excluding hydrogens is 350 g/mol. The molecule has 1 saturated heterocycles. The zero-order valence-electron chi connectivity index (χ0n) is 16.1. The molecule has 2 heterocycles. The number of benzene rings is 2. The van der Waals surface area contributed by atoms with Crippen LogP contribution in [-0.2, 0) is 11.3 Å². The fraction of sp³-hybridized carbons (Fsp3) is 0.304. The van der Waals surface area contributed by atoms with Crippen molar-refractivity contribution in [3.8, 4) is 0 Å². The number of carbonyl (C=O) groups is 2. The first-order chi connectivity index (χ1) is 13.7. The van der Waals surface area contributed by atoms with Crippen molar-refractivity contribution in [2.24, 2.45) is 0 Å². The molecule has 5 heteroatoms. The van der Waals surface area contributed by atoms with E-state index >= 15 is 0 Å². The van der Waals surface area contributed by atoms with Gasteiger partial charge in [-0.25, -0.2) is 0 Å². The van der Waals surface area contributed by atoms with E-state index in [1.807, 2.05) is 54.3 Å². The van der Waals surface area contributed by atoms with Crippen LogP contribution < -0.4 is 5.32 Å². The predicted octanol–water partition coefficient (Wildman–Crippen LogP) is 4.27. The highest BCUT2D eigenvalue weighted by molar-refractivity contribution is 6.00. The molecule has 0 aliphatic carbocycles. The zero-order chi connectivity index (χ0) is 19.5. The fourth-order valence-electron chi connectivity index (χ4n) is 3.79. The Bertz CT molecular complexity index is 1000. The lowest BCUT2D eigenvalue weighted by molar-refractivity contribution is -0.115. The third-order valence-corrected chi connectivity index (χ3v) is 5.30. The first kappa shape index (κ1) is 18.3. The van der Waals surface area contributed by atoms with Crippen LogP contribution in [0.2, 0.25) is 0 Å². The number of aromatic nitrogens is 1. The highest BCUT2D eigenvalue weighted by Crippen LogP contribution is 2.26. The Morgan fingerprint density at radius 3 is 2.46 bits per heavy atom. The Labute approximate surface area is 165 Å². The average Bonchev–Trinajstić information content (AvgIpc) is 3.37. The standard InChI is InChI=1S/C23H25N3O2/c1-2-22(27)24-19-10-11-20-18(14-19)15-21(23(28)25-12-6-7-13-25)26(20)16-17-8-4-3-5-9-17/h3-5,8-11,14-15H,2,6-7,12-13,16H2,1H3,(H,24,27). The molecule has 0 spiro atoms. The van der Waals surface area contributed by atoms with E-state index in [1.165, 1.54) is 0 Å². The molecule has 0 unspecified atom stereocenters. The van der Waals surface area contributed by atoms with Crippen molar-refractivity contribution in [2.45, 2.75) is 32.7 Å². The van der Waals surface area contributed by atoms with Crippen molar-refractivity contribution in [1.82, 2.24) is 9.47 Å². The van der Waals surface area contributed by atoms with Crippen molar-refractivity contribution < 1.29 is 9.59 Å². The molecule has 2 amide bonds. The summed E-state index contributed by atoms with van der Waals surface area (Å²) in [6, 6.07) is 18.0. The molecule has 1 aliphatic rings. The molecule has 144 valence electrons. The van der Waals surface area contributed by atoms with Crippen LogP contribution in [0.5, 0.6) is 0 Å². The minimum Gasteiger partial charge on any atom is -0.337 e. The van der Waals surface area contributed by atoms with Gasteiger partial charge in [-0.1, -0.05) is 37.3 Å². The van der Waals surface area contributed by atoms with E-state index in [4.69, 9.17) is 0 Å². The van der Waals surface area contributed by atoms with Crippen molar-refractivity contribution in [3.05, 3.63) is 65.9 Å². The van der Waals surface area contributed by atoms with E-state index in [1.54, 1.807) is 0 Å². The summed E-state index contributed by atoms with van der Waals surface area (Å²) in [7, 11) is 0. The molecule has 1 aliphatic heterocycles. The summed E-state index contributed by atoms with van der Waals surface area (Å²) in [5.74, 6) is 0.0696. The molecule has 2 aromatic carbocycles. The number of likely N-dealkylation sites (tertiary alicyclic amines) is 1. The lowest BCUT2D eigenvalue weighted by atomic mass is 10.2. The van der Waals surface area contributed by atoms with Gasteiger partial charge in [0.2, 0.25) is 5.91 Å². The van der Waals surface area contributed by atoms with Crippen molar-refractivity contribution >= 4 is 28.4 Å². The molecule has 1 N–H and O–H groups in total. The van der Waals surface area contributed by atoms with E-state index in [0.29, 0.717) is 18.7 Å². The Hall–Kier alpha value is -3.08. The maximum Gasteiger partial charge on any atom is 0.270 e. The van der Waals surface area contributed by atoms with Gasteiger partial charge in [-0.15, -0.1) is 0 Å². The number of rotatable bonds is 5. The highest BCUT2D eigenvalue weighted by atomic mass is 16.2. The van der Waals surface area contributed by atoms with Crippen LogP contribution >= 0.6 is 0 Å². The first-order valence-corrected chi connectivity index (χ1v) is 9.92. The molecule has 5 nitrogen and oxygen atoms in total. The number of amides is 2. The Balaban J connectivity index is 1.76. The molecule has 1 fully saturated rings. The number of hydrogen-bond acceptors (Lipinski definition) is 2. The highest BCUT2D eigenvalue weighted by Gasteiger charge is 2.24. The first-order valence-electron chi connectivity index (χ1n) is 9.92. The van der Waals surface area contributed by atoms with Crippen LogP contribution in [0.15, 0.2) is 54.6 Å². The maximum absolute atomic E-state index is 13.2. The normalized spacial score (nSPS) is 13.8. The third kappa shape index (κ3) is 3.65. The van der Waals surface area contributed by atoms with Gasteiger partial charge in [0, 0.05) is 42.6 Å². The Morgan fingerprint density at radius 2 is 1.75 bits per heavy atom. The van der Waals surface area contributed by atoms with Crippen LogP contribution in [0.1, 0.15) is 42.2 Å². The van der Waals surface area contributed by atoms with Crippen molar-refractivity contribution in [3.63, 3.8) is 0 Å². The lowest BCUT2D eigenvalue weighted by Crippen LogP contribution is -2.29. The monoisotopic (exact) mass is 375 g/mol. The van der Waals surface area contributed by atoms with Gasteiger partial charge in [-0.05, 0) is 42.7 Å². The van der Waals surface area contributed by atoms with Gasteiger partial charge in [-0.2, -0.15) is 0 Å². The molecule has 28 heavy (non-hydrogen) atoms. The van der Waals surface area contributed by atoms with E-state index in [2.05, 4.69) is 22.0 Å². The van der Waals surface area contributed by atoms with Crippen LogP contribution in [0, 0.1) is 0 Å². The summed E-state index contributed by atoms with van der Waals surface area (Å²) in [5.41, 5.74) is 3.62. The number of nitrogens with zero attached hydrogens (tertiary/aromatic N) is 2. The second-order valence-corrected chi connectivity index (χ2v) is 7.28. The van der Waals surface area contributed by atoms with Gasteiger partial charge in [0.1, 0.15) is 5.69 Å². The van der Waals surface area contributed by atoms with E-state index < -0.39 is 0 Å². The quantitative estimate of drug-likeness (QED) is 0.724. The zero-order valence-corrected chi connectivity index (χ0v) is 16.1. The van der Waals surface area contributed by atoms with Gasteiger partial charge in [0.05, 0.1) is 0 Å². The summed E-state index contributed by atoms with van der Waals surface area (Å²) >= 11 is 0. The van der Waals surface area contributed by atoms with Gasteiger partial charge >= 0.3 is 0 Å². The van der Waals surface area contributed by atoms with Crippen LogP contribution in [0.4, 0.5) is 5.69 Å². The minimum atomic E-state index is -0.0172. The number of carbonyl (C=O) groups excluding carboxylic acids is 2. The van der Waals surface area contributed by atoms with E-state index in [0.717, 1.165) is 48.1 Å². The van der Waals surface area contributed by atoms with Gasteiger partial charge in [0.25, 0.3) is 5.91 Å². The average molecular weight is 375 g/mol. The largest absolute Gasteiger partial charge is 0.337 e. The molecule has 0 saturated carbocycles. The maximum atomic E-state index is 13.2. The topological polar surface area (TPSA) is 54.3 Å². The predicted molar refractivity (Wildman–Crippen MR) is 112 cm³/mol. The number of nitrogens with one attached hydrogen (secondary N) is 1. The molecule has 4 rings (SSSR count). The molecule has 1 aromatic heterocycles. The molecular formula is C23H25N3O2. The Kier molecular flexibility index (Phi) is 5.15. The van der Waals surface area contributed by atoms with E-state index in [-0.39, 0.29) is 11.8 Å². The number of anilines is 1. The number of fused-ring (bicyclic) bond motifs is 1. The van der Waals surface area contributed by atoms with Gasteiger partial charge < -0.3 is 14.8 Å². The lowest BCUT2D eigenvalue weighted by Gasteiger charge is -2.17. The summed E-state index contributed by atoms with van der Waals surface area (Å²) < 4.78 is 2.09. The number of hydrogen-bond donors (Lipinski definition) is 1. The summed E-state index contributed by atoms with van der Waals surface area (Å²) in [5, 5.41) is 3.87. The third-order valence-electron chi connectivity index (χ3n) is 5.30. The molecule has 0 atom stereocenters. The molecule has 0 bridgehead atoms. The summed E-state index contributed by atoms with van der Waals surface area (Å²) in [6.07, 6.45) is 2.57. The summed E-state index contributed by atoms with van der Waals surface area (Å²) in [6.45, 7) is 4.12. The Morgan fingerprint density at radius 1 is 1.00 bits per heavy atom. The fourth-order valence-corrected chi connectivity index (χ4v) is 3.79. The second-order valence-electron chi connectivity index (χ2n) is 7.28. The smallest absolute Gasteiger partial charge is 0.270 e. The van der Waals surface area contributed by atoms with Crippen LogP contribution in [-0.4, -0.2) is 34.4 Å². The van der Waals surface area contributed by atoms with Gasteiger partial charge in [0.15, 0.2) is 0 Å². The second kappa shape index (κ2) is 7.89.